The van der Waals surface area contributed by atoms with E-state index in [1.807, 2.05) is 0 Å². The second kappa shape index (κ2) is 4.75. The summed E-state index contributed by atoms with van der Waals surface area (Å²) in [7, 11) is 0. The predicted molar refractivity (Wildman–Crippen MR) is 58.8 cm³/mol. The van der Waals surface area contributed by atoms with Crippen molar-refractivity contribution < 1.29 is 18.0 Å². The Morgan fingerprint density at radius 2 is 2.00 bits per heavy atom. The Bertz CT molecular complexity index is 417. The van der Waals surface area contributed by atoms with E-state index in [4.69, 9.17) is 11.6 Å². The van der Waals surface area contributed by atoms with Gasteiger partial charge in [0.2, 0.25) is 0 Å². The van der Waals surface area contributed by atoms with Gasteiger partial charge in [0.1, 0.15) is 5.78 Å². The second-order valence-electron chi connectivity index (χ2n) is 3.18. The van der Waals surface area contributed by atoms with E-state index in [0.29, 0.717) is 0 Å². The first-order valence-corrected chi connectivity index (χ1v) is 5.54. The molecule has 1 aromatic rings. The van der Waals surface area contributed by atoms with Gasteiger partial charge in [0.15, 0.2) is 0 Å². The molecule has 1 unspecified atom stereocenters. The molecular weight excluding hydrogens is 308 g/mol. The van der Waals surface area contributed by atoms with Crippen molar-refractivity contribution >= 4 is 33.3 Å². The lowest BCUT2D eigenvalue weighted by atomic mass is 10.1. The molecule has 0 fully saturated rings. The second-order valence-corrected chi connectivity index (χ2v) is 4.47. The summed E-state index contributed by atoms with van der Waals surface area (Å²) in [6.45, 7) is 1.27. The highest BCUT2D eigenvalue weighted by Crippen LogP contribution is 2.39. The number of carbonyl (C=O) groups excluding carboxylic acids is 1. The van der Waals surface area contributed by atoms with Crippen molar-refractivity contribution in [2.24, 2.45) is 0 Å². The topological polar surface area (TPSA) is 17.1 Å². The van der Waals surface area contributed by atoms with Crippen LogP contribution in [0.5, 0.6) is 0 Å². The van der Waals surface area contributed by atoms with Crippen LogP contribution in [0.2, 0.25) is 5.02 Å². The van der Waals surface area contributed by atoms with Crippen LogP contribution in [0.3, 0.4) is 0 Å². The molecule has 1 rings (SSSR count). The van der Waals surface area contributed by atoms with E-state index >= 15 is 0 Å². The van der Waals surface area contributed by atoms with Gasteiger partial charge in [-0.1, -0.05) is 39.7 Å². The fraction of sp³-hybridized carbons (Fsp3) is 0.300. The third kappa shape index (κ3) is 2.77. The number of alkyl halides is 4. The molecule has 0 spiro atoms. The zero-order valence-corrected chi connectivity index (χ0v) is 10.4. The van der Waals surface area contributed by atoms with Crippen molar-refractivity contribution in [1.29, 1.82) is 0 Å². The van der Waals surface area contributed by atoms with Crippen LogP contribution >= 0.6 is 27.5 Å². The van der Waals surface area contributed by atoms with Gasteiger partial charge < -0.3 is 0 Å². The third-order valence-electron chi connectivity index (χ3n) is 1.96. The molecule has 0 saturated carbocycles. The molecule has 1 nitrogen and oxygen atoms in total. The minimum atomic E-state index is -4.52. The number of Topliss-reactive ketones (excluding diaryl/α,β-unsaturated/α-hetero) is 1. The minimum Gasteiger partial charge on any atom is -0.298 e. The molecule has 88 valence electrons. The number of hydrogen-bond donors (Lipinski definition) is 0. The highest BCUT2D eigenvalue weighted by atomic mass is 79.9. The lowest BCUT2D eigenvalue weighted by Crippen LogP contribution is -2.09. The van der Waals surface area contributed by atoms with E-state index in [2.05, 4.69) is 15.9 Å². The molecule has 0 heterocycles. The van der Waals surface area contributed by atoms with Crippen molar-refractivity contribution in [2.75, 3.05) is 0 Å². The molecular formula is C10H7BrClF3O. The molecule has 0 bridgehead atoms. The van der Waals surface area contributed by atoms with E-state index in [0.717, 1.165) is 6.07 Å². The molecule has 6 heteroatoms. The summed E-state index contributed by atoms with van der Waals surface area (Å²) < 4.78 is 37.5. The van der Waals surface area contributed by atoms with Crippen LogP contribution in [0.4, 0.5) is 13.2 Å². The monoisotopic (exact) mass is 314 g/mol. The first-order chi connectivity index (χ1) is 7.25. The first kappa shape index (κ1) is 13.5. The fourth-order valence-electron chi connectivity index (χ4n) is 1.18. The van der Waals surface area contributed by atoms with Crippen LogP contribution in [-0.4, -0.2) is 5.78 Å². The highest BCUT2D eigenvalue weighted by molar-refractivity contribution is 9.09. The van der Waals surface area contributed by atoms with Gasteiger partial charge in [0, 0.05) is 0 Å². The predicted octanol–water partition coefficient (Wildman–Crippen LogP) is 4.38. The Balaban J connectivity index is 3.30. The lowest BCUT2D eigenvalue weighted by Gasteiger charge is -2.14. The van der Waals surface area contributed by atoms with Gasteiger partial charge in [-0.3, -0.25) is 4.79 Å². The summed E-state index contributed by atoms with van der Waals surface area (Å²) in [6, 6.07) is 3.49. The van der Waals surface area contributed by atoms with Crippen molar-refractivity contribution in [3.63, 3.8) is 0 Å². The quantitative estimate of drug-likeness (QED) is 0.740. The maximum Gasteiger partial charge on any atom is 0.417 e. The van der Waals surface area contributed by atoms with Crippen molar-refractivity contribution in [1.82, 2.24) is 0 Å². The van der Waals surface area contributed by atoms with E-state index in [9.17, 15) is 18.0 Å². The normalized spacial score (nSPS) is 13.6. The van der Waals surface area contributed by atoms with Crippen molar-refractivity contribution in [3.05, 3.63) is 34.3 Å². The van der Waals surface area contributed by atoms with E-state index in [1.54, 1.807) is 0 Å². The van der Waals surface area contributed by atoms with Crippen LogP contribution in [0, 0.1) is 0 Å². The summed E-state index contributed by atoms with van der Waals surface area (Å²) in [4.78, 5) is 10.3. The lowest BCUT2D eigenvalue weighted by molar-refractivity contribution is -0.137. The highest BCUT2D eigenvalue weighted by Gasteiger charge is 2.34. The Morgan fingerprint density at radius 3 is 2.44 bits per heavy atom. The summed E-state index contributed by atoms with van der Waals surface area (Å²) in [6.07, 6.45) is -4.52. The minimum absolute atomic E-state index is 0.129. The van der Waals surface area contributed by atoms with Crippen LogP contribution < -0.4 is 0 Å². The summed E-state index contributed by atoms with van der Waals surface area (Å²) in [5.74, 6) is -0.304. The maximum atomic E-state index is 12.5. The zero-order chi connectivity index (χ0) is 12.5. The van der Waals surface area contributed by atoms with Crippen LogP contribution in [0.1, 0.15) is 22.9 Å². The van der Waals surface area contributed by atoms with E-state index < -0.39 is 21.6 Å². The van der Waals surface area contributed by atoms with Gasteiger partial charge in [0.25, 0.3) is 0 Å². The molecule has 0 aliphatic carbocycles. The molecule has 0 aliphatic rings. The van der Waals surface area contributed by atoms with Gasteiger partial charge in [-0.2, -0.15) is 13.2 Å². The van der Waals surface area contributed by atoms with Gasteiger partial charge in [-0.25, -0.2) is 0 Å². The molecule has 0 saturated heterocycles. The standard InChI is InChI=1S/C10H7BrClF3O/c1-5(16)8(11)6-3-2-4-7(9(6)12)10(13,14)15/h2-4,8H,1H3. The first-order valence-electron chi connectivity index (χ1n) is 4.25. The maximum absolute atomic E-state index is 12.5. The molecule has 0 N–H and O–H groups in total. The number of ketones is 1. The Labute approximate surface area is 104 Å². The molecule has 0 amide bonds. The summed E-state index contributed by atoms with van der Waals surface area (Å²) in [5, 5.41) is -0.438. The largest absolute Gasteiger partial charge is 0.417 e. The Morgan fingerprint density at radius 1 is 1.44 bits per heavy atom. The zero-order valence-electron chi connectivity index (χ0n) is 8.11. The van der Waals surface area contributed by atoms with Crippen LogP contribution in [0.25, 0.3) is 0 Å². The molecule has 0 radical (unpaired) electrons. The fourth-order valence-corrected chi connectivity index (χ4v) is 2.04. The Hall–Kier alpha value is -0.550. The average molecular weight is 316 g/mol. The number of benzene rings is 1. The van der Waals surface area contributed by atoms with Crippen LogP contribution in [-0.2, 0) is 11.0 Å². The smallest absolute Gasteiger partial charge is 0.298 e. The van der Waals surface area contributed by atoms with Crippen molar-refractivity contribution in [3.8, 4) is 0 Å². The van der Waals surface area contributed by atoms with Gasteiger partial charge in [0.05, 0.1) is 15.4 Å². The number of rotatable bonds is 2. The van der Waals surface area contributed by atoms with Crippen LogP contribution in [0.15, 0.2) is 18.2 Å². The number of carbonyl (C=O) groups is 1. The van der Waals surface area contributed by atoms with E-state index in [1.165, 1.54) is 19.1 Å². The molecule has 0 aromatic heterocycles. The third-order valence-corrected chi connectivity index (χ3v) is 3.52. The summed E-state index contributed by atoms with van der Waals surface area (Å²) in [5.41, 5.74) is -0.804. The average Bonchev–Trinajstić information content (AvgIpc) is 2.15. The molecule has 0 aliphatic heterocycles. The Kier molecular flexibility index (Phi) is 4.02. The molecule has 16 heavy (non-hydrogen) atoms. The number of halogens is 5. The SMILES string of the molecule is CC(=O)C(Br)c1cccc(C(F)(F)F)c1Cl. The molecule has 1 aromatic carbocycles. The van der Waals surface area contributed by atoms with Gasteiger partial charge >= 0.3 is 6.18 Å². The van der Waals surface area contributed by atoms with Gasteiger partial charge in [-0.15, -0.1) is 0 Å². The van der Waals surface area contributed by atoms with Gasteiger partial charge in [-0.05, 0) is 18.6 Å². The number of hydrogen-bond acceptors (Lipinski definition) is 1. The summed E-state index contributed by atoms with van der Waals surface area (Å²) >= 11 is 8.63. The molecule has 1 atom stereocenters. The van der Waals surface area contributed by atoms with Crippen molar-refractivity contribution in [2.45, 2.75) is 17.9 Å². The van der Waals surface area contributed by atoms with E-state index in [-0.39, 0.29) is 11.3 Å².